The Kier molecular flexibility index (Phi) is 24.9. The number of hydrogen-bond acceptors (Lipinski definition) is 16. The number of carbonyl (C=O) groups excluding carboxylic acids is 2. The second kappa shape index (κ2) is 29.6. The highest BCUT2D eigenvalue weighted by Gasteiger charge is 2.21. The van der Waals surface area contributed by atoms with Gasteiger partial charge in [-0.15, -0.1) is 0 Å². The molecule has 2 aliphatic rings. The zero-order valence-electron chi connectivity index (χ0n) is 38.2. The quantitative estimate of drug-likeness (QED) is 0.0183. The molecule has 0 saturated carbocycles. The van der Waals surface area contributed by atoms with Crippen LogP contribution in [0, 0.1) is 0 Å². The summed E-state index contributed by atoms with van der Waals surface area (Å²) < 4.78 is 33.1. The number of benzene rings is 4. The first-order chi connectivity index (χ1) is 31.8. The van der Waals surface area contributed by atoms with Gasteiger partial charge in [-0.2, -0.15) is 14.9 Å². The van der Waals surface area contributed by atoms with Crippen molar-refractivity contribution in [3.8, 4) is 34.5 Å². The third kappa shape index (κ3) is 18.7. The van der Waals surface area contributed by atoms with Crippen LogP contribution in [0.4, 0.5) is 22.3 Å². The van der Waals surface area contributed by atoms with E-state index in [-0.39, 0.29) is 34.7 Å². The summed E-state index contributed by atoms with van der Waals surface area (Å²) in [6.07, 6.45) is 0. The van der Waals surface area contributed by atoms with Crippen molar-refractivity contribution in [2.24, 2.45) is 10.7 Å². The standard InChI is InChI=1S/C22H24N4O4S.C14H22N4OS2.C10H9BrO3.CH4.H3P/c1-26(2)9-10-28-16-6-4-15(5-7-16)24-22-25-21(23)20(31-22)19(27)14-3-8-17-18(13-14)30-12-11-29-17;1-4-21-13(15)17-14(20)16-11-5-7-12(8-6-11)19-10-9-18(2)3;11-6-8(12)7-1-2-9-10(5-7)14-4-3-13-9;;/h3-8,13H,9-12,23H2,1-2H3,(H,24,25);5-8H,4,9-10H2,1-3H3,(H3,15,16,17,20);1-2,5H,3-4,6H2;1H4;1H3. The number of hydrogen-bond donors (Lipinski definition) is 4. The topological polar surface area (TPSA) is 197 Å². The lowest BCUT2D eigenvalue weighted by Crippen LogP contribution is -2.19. The number of ketones is 2. The Balaban J connectivity index is 0.000000288. The van der Waals surface area contributed by atoms with Gasteiger partial charge in [-0.25, -0.2) is 4.98 Å². The zero-order valence-corrected chi connectivity index (χ0v) is 43.6. The molecule has 68 heavy (non-hydrogen) atoms. The fourth-order valence-corrected chi connectivity index (χ4v) is 7.59. The molecule has 0 saturated heterocycles. The van der Waals surface area contributed by atoms with Crippen LogP contribution in [0.25, 0.3) is 0 Å². The predicted molar refractivity (Wildman–Crippen MR) is 291 cm³/mol. The summed E-state index contributed by atoms with van der Waals surface area (Å²) in [6.45, 7) is 7.09. The minimum absolute atomic E-state index is 0. The van der Waals surface area contributed by atoms with E-state index in [1.54, 1.807) is 36.4 Å². The predicted octanol–water partition coefficient (Wildman–Crippen LogP) is 8.53. The van der Waals surface area contributed by atoms with E-state index >= 15 is 0 Å². The maximum Gasteiger partial charge on any atom is 0.206 e. The molecule has 3 heterocycles. The molecule has 4 aromatic carbocycles. The second-order valence-electron chi connectivity index (χ2n) is 14.6. The number of nitrogens with two attached hydrogens (primary N) is 2. The molecule has 5 aromatic rings. The van der Waals surface area contributed by atoms with E-state index < -0.39 is 0 Å². The molecule has 0 fully saturated rings. The van der Waals surface area contributed by atoms with Crippen LogP contribution in [-0.2, 0) is 0 Å². The average molecular weight is 1070 g/mol. The number of nitrogen functional groups attached to an aromatic ring is 1. The highest BCUT2D eigenvalue weighted by molar-refractivity contribution is 9.09. The van der Waals surface area contributed by atoms with Gasteiger partial charge in [0.05, 0.1) is 5.33 Å². The normalized spacial score (nSPS) is 12.1. The molecule has 16 nitrogen and oxygen atoms in total. The number of thioether (sulfide) groups is 1. The molecule has 0 radical (unpaired) electrons. The summed E-state index contributed by atoms with van der Waals surface area (Å²) in [5.41, 5.74) is 14.5. The number of nitrogens with one attached hydrogen (secondary N) is 2. The van der Waals surface area contributed by atoms with Crippen LogP contribution in [0.15, 0.2) is 89.9 Å². The number of alkyl halides is 1. The number of aliphatic imine (C=N–C) groups is 1. The van der Waals surface area contributed by atoms with Gasteiger partial charge in [0.1, 0.15) is 61.8 Å². The van der Waals surface area contributed by atoms with Gasteiger partial charge in [0.15, 0.2) is 44.2 Å². The molecule has 2 aliphatic heterocycles. The first kappa shape index (κ1) is 57.1. The van der Waals surface area contributed by atoms with Gasteiger partial charge in [-0.05, 0) is 131 Å². The van der Waals surface area contributed by atoms with Crippen molar-refractivity contribution < 1.29 is 38.0 Å². The van der Waals surface area contributed by atoms with Crippen molar-refractivity contribution in [1.82, 2.24) is 14.8 Å². The Morgan fingerprint density at radius 3 is 1.78 bits per heavy atom. The van der Waals surface area contributed by atoms with Gasteiger partial charge in [-0.1, -0.05) is 53.4 Å². The number of rotatable bonds is 16. The van der Waals surface area contributed by atoms with E-state index in [9.17, 15) is 9.59 Å². The summed E-state index contributed by atoms with van der Waals surface area (Å²) in [5, 5.41) is 7.90. The maximum atomic E-state index is 13.0. The number of likely N-dealkylation sites (N-methyl/N-ethyl adjacent to an activating group) is 2. The van der Waals surface area contributed by atoms with Gasteiger partial charge >= 0.3 is 0 Å². The first-order valence-electron chi connectivity index (χ1n) is 20.8. The van der Waals surface area contributed by atoms with Crippen molar-refractivity contribution in [2.45, 2.75) is 14.4 Å². The van der Waals surface area contributed by atoms with Crippen LogP contribution in [0.5, 0.6) is 34.5 Å². The minimum Gasteiger partial charge on any atom is -0.492 e. The number of thiazole rings is 1. The Labute approximate surface area is 424 Å². The SMILES string of the molecule is C.CCSC(N)=NC(=S)Nc1ccc(OCCN(C)C)cc1.CN(C)CCOc1ccc(Nc2nc(N)c(C(=O)c3ccc4c(c3)OCCO4)s2)cc1.O=C(CBr)c1ccc2c(c1)OCCO2.P. The van der Waals surface area contributed by atoms with Crippen LogP contribution in [-0.4, -0.2) is 129 Å². The summed E-state index contributed by atoms with van der Waals surface area (Å²) in [5.74, 6) is 5.09. The fraction of sp³-hybridized carbons (Fsp3) is 0.340. The van der Waals surface area contributed by atoms with E-state index in [4.69, 9.17) is 52.1 Å². The van der Waals surface area contributed by atoms with Gasteiger partial charge in [0.2, 0.25) is 5.78 Å². The van der Waals surface area contributed by atoms with E-state index in [0.29, 0.717) is 99.4 Å². The summed E-state index contributed by atoms with van der Waals surface area (Å²) >= 11 is 10.9. The number of aromatic nitrogens is 1. The molecule has 1 atom stereocenters. The summed E-state index contributed by atoms with van der Waals surface area (Å²) in [4.78, 5) is 37.2. The highest BCUT2D eigenvalue weighted by atomic mass is 79.9. The number of ether oxygens (including phenoxy) is 6. The van der Waals surface area contributed by atoms with Crippen LogP contribution in [0.1, 0.15) is 39.9 Å². The Morgan fingerprint density at radius 1 is 0.794 bits per heavy atom. The zero-order chi connectivity index (χ0) is 47.4. The molecule has 6 N–H and O–H groups in total. The van der Waals surface area contributed by atoms with Gasteiger partial charge in [-0.3, -0.25) is 9.59 Å². The van der Waals surface area contributed by atoms with Crippen LogP contribution in [0.3, 0.4) is 0 Å². The van der Waals surface area contributed by atoms with Crippen LogP contribution >= 0.6 is 61.1 Å². The van der Waals surface area contributed by atoms with Gasteiger partial charge < -0.3 is 60.3 Å². The fourth-order valence-electron chi connectivity index (χ4n) is 5.67. The first-order valence-corrected chi connectivity index (χ1v) is 24.1. The molecule has 0 aliphatic carbocycles. The number of anilines is 4. The van der Waals surface area contributed by atoms with E-state index in [1.165, 1.54) is 23.1 Å². The van der Waals surface area contributed by atoms with E-state index in [0.717, 1.165) is 41.7 Å². The second-order valence-corrected chi connectivity index (χ2v) is 17.9. The smallest absolute Gasteiger partial charge is 0.206 e. The van der Waals surface area contributed by atoms with Crippen LogP contribution in [0.2, 0.25) is 0 Å². The van der Waals surface area contributed by atoms with Crippen molar-refractivity contribution in [3.05, 3.63) is 101 Å². The number of amidine groups is 1. The maximum absolute atomic E-state index is 13.0. The Morgan fingerprint density at radius 2 is 1.28 bits per heavy atom. The molecule has 7 rings (SSSR count). The van der Waals surface area contributed by atoms with Crippen LogP contribution < -0.4 is 50.5 Å². The van der Waals surface area contributed by atoms with E-state index in [2.05, 4.69) is 46.3 Å². The number of carbonyl (C=O) groups is 2. The molecule has 0 amide bonds. The third-order valence-corrected chi connectivity index (χ3v) is 11.3. The summed E-state index contributed by atoms with van der Waals surface area (Å²) in [7, 11) is 8.03. The molecule has 0 bridgehead atoms. The third-order valence-electron chi connectivity index (χ3n) is 8.98. The monoisotopic (exact) mass is 1070 g/mol. The lowest BCUT2D eigenvalue weighted by Gasteiger charge is -2.18. The summed E-state index contributed by atoms with van der Waals surface area (Å²) in [6, 6.07) is 25.5. The number of thiocarbonyl (C=S) groups is 1. The largest absolute Gasteiger partial charge is 0.492 e. The number of fused-ring (bicyclic) bond motifs is 2. The van der Waals surface area contributed by atoms with Crippen molar-refractivity contribution in [1.29, 1.82) is 0 Å². The van der Waals surface area contributed by atoms with Crippen molar-refractivity contribution >= 4 is 105 Å². The molecular formula is C47H62BrN8O8PS3. The van der Waals surface area contributed by atoms with E-state index in [1.807, 2.05) is 83.6 Å². The Hall–Kier alpha value is -5.21. The molecular weight excluding hydrogens is 1010 g/mol. The minimum atomic E-state index is -0.204. The lowest BCUT2D eigenvalue weighted by atomic mass is 10.1. The number of halogens is 1. The molecule has 21 heteroatoms. The highest BCUT2D eigenvalue weighted by Crippen LogP contribution is 2.35. The van der Waals surface area contributed by atoms with Crippen molar-refractivity contribution in [3.63, 3.8) is 0 Å². The van der Waals surface area contributed by atoms with Gasteiger partial charge in [0.25, 0.3) is 0 Å². The lowest BCUT2D eigenvalue weighted by molar-refractivity contribution is 0.101. The average Bonchev–Trinajstić information content (AvgIpc) is 3.68. The van der Waals surface area contributed by atoms with Crippen molar-refractivity contribution in [2.75, 3.05) is 108 Å². The molecule has 0 spiro atoms. The molecule has 1 aromatic heterocycles. The number of nitrogens with zero attached hydrogens (tertiary/aromatic N) is 4. The molecule has 1 unspecified atom stereocenters. The van der Waals surface area contributed by atoms with Gasteiger partial charge in [0, 0.05) is 35.6 Å². The Bertz CT molecular complexity index is 2410. The molecule has 368 valence electrons. The number of Topliss-reactive ketones (excluding diaryl/α,β-unsaturated/α-hetero) is 1.